The molecule has 0 saturated carbocycles. The van der Waals surface area contributed by atoms with E-state index >= 15 is 0 Å². The van der Waals surface area contributed by atoms with E-state index in [-0.39, 0.29) is 0 Å². The lowest BCUT2D eigenvalue weighted by Gasteiger charge is -2.02. The average Bonchev–Trinajstić information content (AvgIpc) is 2.05. The first-order valence-corrected chi connectivity index (χ1v) is 3.68. The first-order chi connectivity index (χ1) is 5.83. The van der Waals surface area contributed by atoms with Gasteiger partial charge in [0.2, 0.25) is 5.95 Å². The van der Waals surface area contributed by atoms with Crippen LogP contribution < -0.4 is 4.74 Å². The summed E-state index contributed by atoms with van der Waals surface area (Å²) in [4.78, 5) is 3.40. The van der Waals surface area contributed by atoms with Crippen molar-refractivity contribution >= 4 is 0 Å². The van der Waals surface area contributed by atoms with E-state index in [9.17, 15) is 4.39 Å². The Hall–Kier alpha value is -1.38. The number of aromatic nitrogens is 1. The van der Waals surface area contributed by atoms with Crippen LogP contribution in [0.5, 0.6) is 5.75 Å². The van der Waals surface area contributed by atoms with Crippen molar-refractivity contribution < 1.29 is 9.13 Å². The van der Waals surface area contributed by atoms with Crippen molar-refractivity contribution in [1.29, 1.82) is 0 Å². The second kappa shape index (κ2) is 4.49. The van der Waals surface area contributed by atoms with Gasteiger partial charge in [-0.2, -0.15) is 4.39 Å². The molecule has 0 radical (unpaired) electrons. The van der Waals surface area contributed by atoms with Gasteiger partial charge in [0.25, 0.3) is 0 Å². The summed E-state index contributed by atoms with van der Waals surface area (Å²) in [6.45, 7) is 4.06. The molecule has 1 heterocycles. The molecule has 3 heteroatoms. The lowest BCUT2D eigenvalue weighted by atomic mass is 10.4. The van der Waals surface area contributed by atoms with Crippen LogP contribution in [0.15, 0.2) is 31.0 Å². The number of pyridine rings is 1. The van der Waals surface area contributed by atoms with E-state index in [1.807, 2.05) is 0 Å². The maximum absolute atomic E-state index is 12.5. The van der Waals surface area contributed by atoms with E-state index in [1.165, 1.54) is 12.3 Å². The Morgan fingerprint density at radius 1 is 1.67 bits per heavy atom. The predicted molar refractivity (Wildman–Crippen MR) is 44.5 cm³/mol. The molecular formula is C9H10FNO. The molecule has 1 aromatic heterocycles. The van der Waals surface area contributed by atoms with Gasteiger partial charge in [-0.25, -0.2) is 4.98 Å². The van der Waals surface area contributed by atoms with Crippen LogP contribution in [-0.2, 0) is 0 Å². The van der Waals surface area contributed by atoms with E-state index in [0.29, 0.717) is 12.4 Å². The van der Waals surface area contributed by atoms with Crippen LogP contribution in [0.4, 0.5) is 4.39 Å². The monoisotopic (exact) mass is 167 g/mol. The van der Waals surface area contributed by atoms with E-state index < -0.39 is 5.95 Å². The Kier molecular flexibility index (Phi) is 3.26. The van der Waals surface area contributed by atoms with Crippen LogP contribution in [0.2, 0.25) is 0 Å². The summed E-state index contributed by atoms with van der Waals surface area (Å²) in [6.07, 6.45) is 3.88. The van der Waals surface area contributed by atoms with Gasteiger partial charge in [0.05, 0.1) is 6.61 Å². The van der Waals surface area contributed by atoms with Crippen LogP contribution in [-0.4, -0.2) is 11.6 Å². The zero-order valence-electron chi connectivity index (χ0n) is 6.66. The van der Waals surface area contributed by atoms with Gasteiger partial charge >= 0.3 is 0 Å². The van der Waals surface area contributed by atoms with Gasteiger partial charge in [0.15, 0.2) is 0 Å². The van der Waals surface area contributed by atoms with Gasteiger partial charge in [-0.1, -0.05) is 6.08 Å². The number of rotatable bonds is 4. The third kappa shape index (κ3) is 2.70. The second-order valence-corrected chi connectivity index (χ2v) is 2.24. The van der Waals surface area contributed by atoms with E-state index in [0.717, 1.165) is 6.42 Å². The number of halogens is 1. The topological polar surface area (TPSA) is 22.1 Å². The Balaban J connectivity index is 2.46. The third-order valence-corrected chi connectivity index (χ3v) is 1.29. The Morgan fingerprint density at radius 2 is 2.50 bits per heavy atom. The molecule has 2 nitrogen and oxygen atoms in total. The fraction of sp³-hybridized carbons (Fsp3) is 0.222. The standard InChI is InChI=1S/C9H10FNO/c1-2-3-6-12-8-4-5-11-9(10)7-8/h2,4-5,7H,1,3,6H2. The summed E-state index contributed by atoms with van der Waals surface area (Å²) >= 11 is 0. The number of hydrogen-bond donors (Lipinski definition) is 0. The van der Waals surface area contributed by atoms with Crippen LogP contribution in [0, 0.1) is 5.95 Å². The Labute approximate surface area is 70.7 Å². The smallest absolute Gasteiger partial charge is 0.216 e. The van der Waals surface area contributed by atoms with Gasteiger partial charge in [0.1, 0.15) is 5.75 Å². The highest BCUT2D eigenvalue weighted by Gasteiger charge is 1.94. The van der Waals surface area contributed by atoms with Crippen LogP contribution >= 0.6 is 0 Å². The summed E-state index contributed by atoms with van der Waals surface area (Å²) < 4.78 is 17.6. The fourth-order valence-electron chi connectivity index (χ4n) is 0.735. The molecule has 0 aromatic carbocycles. The zero-order chi connectivity index (χ0) is 8.81. The summed E-state index contributed by atoms with van der Waals surface area (Å²) in [7, 11) is 0. The van der Waals surface area contributed by atoms with Crippen molar-refractivity contribution in [2.75, 3.05) is 6.61 Å². The number of nitrogens with zero attached hydrogens (tertiary/aromatic N) is 1. The lowest BCUT2D eigenvalue weighted by molar-refractivity contribution is 0.322. The molecule has 1 aromatic rings. The molecular weight excluding hydrogens is 157 g/mol. The molecule has 0 aliphatic heterocycles. The third-order valence-electron chi connectivity index (χ3n) is 1.29. The molecule has 12 heavy (non-hydrogen) atoms. The molecule has 1 rings (SSSR count). The molecule has 0 spiro atoms. The van der Waals surface area contributed by atoms with Crippen molar-refractivity contribution in [3.05, 3.63) is 36.9 Å². The molecule has 0 N–H and O–H groups in total. The predicted octanol–water partition coefficient (Wildman–Crippen LogP) is 2.18. The molecule has 0 atom stereocenters. The highest BCUT2D eigenvalue weighted by atomic mass is 19.1. The lowest BCUT2D eigenvalue weighted by Crippen LogP contribution is -1.96. The maximum Gasteiger partial charge on any atom is 0.216 e. The zero-order valence-corrected chi connectivity index (χ0v) is 6.66. The van der Waals surface area contributed by atoms with Gasteiger partial charge < -0.3 is 4.74 Å². The molecule has 0 amide bonds. The number of ether oxygens (including phenoxy) is 1. The van der Waals surface area contributed by atoms with E-state index in [2.05, 4.69) is 11.6 Å². The fourth-order valence-corrected chi connectivity index (χ4v) is 0.735. The van der Waals surface area contributed by atoms with Crippen LogP contribution in [0.25, 0.3) is 0 Å². The molecule has 0 unspecified atom stereocenters. The largest absolute Gasteiger partial charge is 0.493 e. The summed E-state index contributed by atoms with van der Waals surface area (Å²) in [5.41, 5.74) is 0. The molecule has 0 bridgehead atoms. The van der Waals surface area contributed by atoms with Crippen molar-refractivity contribution in [2.45, 2.75) is 6.42 Å². The second-order valence-electron chi connectivity index (χ2n) is 2.24. The molecule has 0 fully saturated rings. The van der Waals surface area contributed by atoms with Crippen LogP contribution in [0.1, 0.15) is 6.42 Å². The Morgan fingerprint density at radius 3 is 3.17 bits per heavy atom. The van der Waals surface area contributed by atoms with E-state index in [4.69, 9.17) is 4.74 Å². The van der Waals surface area contributed by atoms with Crippen LogP contribution in [0.3, 0.4) is 0 Å². The molecule has 0 aliphatic carbocycles. The van der Waals surface area contributed by atoms with Crippen molar-refractivity contribution in [2.24, 2.45) is 0 Å². The average molecular weight is 167 g/mol. The SMILES string of the molecule is C=CCCOc1ccnc(F)c1. The van der Waals surface area contributed by atoms with E-state index in [1.54, 1.807) is 12.1 Å². The summed E-state index contributed by atoms with van der Waals surface area (Å²) in [5.74, 6) is -0.0181. The minimum Gasteiger partial charge on any atom is -0.493 e. The summed E-state index contributed by atoms with van der Waals surface area (Å²) in [5, 5.41) is 0. The van der Waals surface area contributed by atoms with Gasteiger partial charge in [0, 0.05) is 12.3 Å². The minimum absolute atomic E-state index is 0.504. The first kappa shape index (κ1) is 8.71. The Bertz CT molecular complexity index is 262. The van der Waals surface area contributed by atoms with Gasteiger partial charge in [-0.3, -0.25) is 0 Å². The van der Waals surface area contributed by atoms with Crippen molar-refractivity contribution in [3.8, 4) is 5.75 Å². The highest BCUT2D eigenvalue weighted by molar-refractivity contribution is 5.17. The minimum atomic E-state index is -0.522. The van der Waals surface area contributed by atoms with Gasteiger partial charge in [-0.15, -0.1) is 6.58 Å². The summed E-state index contributed by atoms with van der Waals surface area (Å²) in [6, 6.07) is 2.87. The quantitative estimate of drug-likeness (QED) is 0.389. The molecule has 0 saturated heterocycles. The molecule has 0 aliphatic rings. The first-order valence-electron chi connectivity index (χ1n) is 3.68. The maximum atomic E-state index is 12.5. The van der Waals surface area contributed by atoms with Gasteiger partial charge in [-0.05, 0) is 12.5 Å². The normalized spacial score (nSPS) is 9.42. The van der Waals surface area contributed by atoms with Crippen molar-refractivity contribution in [3.63, 3.8) is 0 Å². The van der Waals surface area contributed by atoms with Crippen molar-refractivity contribution in [1.82, 2.24) is 4.98 Å². The highest BCUT2D eigenvalue weighted by Crippen LogP contribution is 2.09. The number of hydrogen-bond acceptors (Lipinski definition) is 2. The molecule has 64 valence electrons.